The molecule has 0 bridgehead atoms. The smallest absolute Gasteiger partial charge is 0.185 e. The van der Waals surface area contributed by atoms with Crippen LogP contribution in [0.3, 0.4) is 0 Å². The summed E-state index contributed by atoms with van der Waals surface area (Å²) in [5, 5.41) is 4.61. The van der Waals surface area contributed by atoms with Crippen LogP contribution in [0.5, 0.6) is 0 Å². The molecule has 0 spiro atoms. The number of pyridine rings is 1. The van der Waals surface area contributed by atoms with Crippen LogP contribution in [0.25, 0.3) is 0 Å². The molecular weight excluding hydrogens is 300 g/mol. The molecule has 0 N–H and O–H groups in total. The van der Waals surface area contributed by atoms with E-state index in [4.69, 9.17) is 0 Å². The molecule has 0 aromatic carbocycles. The van der Waals surface area contributed by atoms with Crippen molar-refractivity contribution < 1.29 is 4.79 Å². The fourth-order valence-electron chi connectivity index (χ4n) is 3.63. The minimum atomic E-state index is 0.0514. The van der Waals surface area contributed by atoms with Gasteiger partial charge in [-0.15, -0.1) is 0 Å². The van der Waals surface area contributed by atoms with Gasteiger partial charge in [-0.1, -0.05) is 6.07 Å². The van der Waals surface area contributed by atoms with Crippen molar-refractivity contribution in [3.63, 3.8) is 0 Å². The number of hydrogen-bond donors (Lipinski definition) is 0. The Bertz CT molecular complexity index is 708. The molecule has 1 atom stereocenters. The minimum Gasteiger partial charge on any atom is -0.298 e. The van der Waals surface area contributed by atoms with Crippen LogP contribution in [0.4, 0.5) is 0 Å². The van der Waals surface area contributed by atoms with Gasteiger partial charge in [0, 0.05) is 43.0 Å². The molecule has 3 rings (SSSR count). The molecule has 5 nitrogen and oxygen atoms in total. The summed E-state index contributed by atoms with van der Waals surface area (Å²) in [5.74, 6) is 0.230. The van der Waals surface area contributed by atoms with Gasteiger partial charge >= 0.3 is 0 Å². The van der Waals surface area contributed by atoms with Gasteiger partial charge in [-0.2, -0.15) is 5.10 Å². The van der Waals surface area contributed by atoms with Crippen molar-refractivity contribution in [1.82, 2.24) is 19.7 Å². The number of hydrogen-bond acceptors (Lipinski definition) is 4. The molecular formula is C19H26N4O. The van der Waals surface area contributed by atoms with Crippen molar-refractivity contribution in [2.24, 2.45) is 5.92 Å². The number of carbonyl (C=O) groups excluding carboxylic acids is 1. The first-order chi connectivity index (χ1) is 11.6. The molecule has 0 saturated carbocycles. The molecule has 1 aliphatic heterocycles. The third-order valence-corrected chi connectivity index (χ3v) is 5.01. The standard InChI is InChI=1S/C19H26N4O/c1-4-23-15(3)17(14(2)21-23)13-22-11-7-8-16(12-22)19(24)18-9-5-6-10-20-18/h5-6,9-10,16H,4,7-8,11-13H2,1-3H3/t16-/m0/s1. The lowest BCUT2D eigenvalue weighted by Crippen LogP contribution is -2.38. The number of aryl methyl sites for hydroxylation is 2. The Morgan fingerprint density at radius 1 is 1.33 bits per heavy atom. The maximum absolute atomic E-state index is 12.7. The van der Waals surface area contributed by atoms with Crippen molar-refractivity contribution in [3.8, 4) is 0 Å². The highest BCUT2D eigenvalue weighted by Crippen LogP contribution is 2.23. The normalized spacial score (nSPS) is 18.7. The Morgan fingerprint density at radius 3 is 2.83 bits per heavy atom. The van der Waals surface area contributed by atoms with Gasteiger partial charge in [0.05, 0.1) is 5.69 Å². The van der Waals surface area contributed by atoms with E-state index in [1.54, 1.807) is 6.20 Å². The predicted octanol–water partition coefficient (Wildman–Crippen LogP) is 3.01. The molecule has 0 aliphatic carbocycles. The van der Waals surface area contributed by atoms with E-state index in [-0.39, 0.29) is 11.7 Å². The molecule has 1 aliphatic rings. The quantitative estimate of drug-likeness (QED) is 0.793. The number of aromatic nitrogens is 3. The fraction of sp³-hybridized carbons (Fsp3) is 0.526. The molecule has 5 heteroatoms. The van der Waals surface area contributed by atoms with Crippen LogP contribution in [-0.4, -0.2) is 38.5 Å². The summed E-state index contributed by atoms with van der Waals surface area (Å²) < 4.78 is 2.06. The van der Waals surface area contributed by atoms with Crippen LogP contribution in [-0.2, 0) is 13.1 Å². The van der Waals surface area contributed by atoms with Crippen LogP contribution >= 0.6 is 0 Å². The average Bonchev–Trinajstić information content (AvgIpc) is 2.89. The Balaban J connectivity index is 1.70. The summed E-state index contributed by atoms with van der Waals surface area (Å²) >= 11 is 0. The van der Waals surface area contributed by atoms with Crippen LogP contribution in [0, 0.1) is 19.8 Å². The Kier molecular flexibility index (Phi) is 5.09. The number of likely N-dealkylation sites (tertiary alicyclic amines) is 1. The van der Waals surface area contributed by atoms with E-state index < -0.39 is 0 Å². The summed E-state index contributed by atoms with van der Waals surface area (Å²) in [4.78, 5) is 19.3. The molecule has 0 radical (unpaired) electrons. The van der Waals surface area contributed by atoms with Crippen LogP contribution < -0.4 is 0 Å². The Labute approximate surface area is 143 Å². The second kappa shape index (κ2) is 7.26. The summed E-state index contributed by atoms with van der Waals surface area (Å²) in [6.45, 7) is 9.96. The minimum absolute atomic E-state index is 0.0514. The van der Waals surface area contributed by atoms with Gasteiger partial charge in [0.1, 0.15) is 5.69 Å². The second-order valence-electron chi connectivity index (χ2n) is 6.62. The molecule has 2 aromatic rings. The van der Waals surface area contributed by atoms with Crippen molar-refractivity contribution in [2.75, 3.05) is 13.1 Å². The lowest BCUT2D eigenvalue weighted by Gasteiger charge is -2.31. The molecule has 1 fully saturated rings. The third-order valence-electron chi connectivity index (χ3n) is 5.01. The molecule has 0 amide bonds. The highest BCUT2D eigenvalue weighted by molar-refractivity contribution is 5.96. The first-order valence-electron chi connectivity index (χ1n) is 8.80. The second-order valence-corrected chi connectivity index (χ2v) is 6.62. The van der Waals surface area contributed by atoms with E-state index in [1.807, 2.05) is 18.2 Å². The number of nitrogens with zero attached hydrogens (tertiary/aromatic N) is 4. The van der Waals surface area contributed by atoms with Crippen LogP contribution in [0.15, 0.2) is 24.4 Å². The molecule has 1 saturated heterocycles. The molecule has 2 aromatic heterocycles. The van der Waals surface area contributed by atoms with Crippen LogP contribution in [0.1, 0.15) is 47.2 Å². The lowest BCUT2D eigenvalue weighted by molar-refractivity contribution is 0.0806. The molecule has 128 valence electrons. The van der Waals surface area contributed by atoms with Gasteiger partial charge in [-0.25, -0.2) is 0 Å². The van der Waals surface area contributed by atoms with Gasteiger partial charge in [0.25, 0.3) is 0 Å². The van der Waals surface area contributed by atoms with E-state index in [0.717, 1.165) is 44.7 Å². The van der Waals surface area contributed by atoms with Gasteiger partial charge in [0.15, 0.2) is 5.78 Å². The van der Waals surface area contributed by atoms with E-state index in [1.165, 1.54) is 11.3 Å². The molecule has 0 unspecified atom stereocenters. The lowest BCUT2D eigenvalue weighted by atomic mass is 9.91. The zero-order valence-electron chi connectivity index (χ0n) is 14.8. The molecule has 24 heavy (non-hydrogen) atoms. The summed E-state index contributed by atoms with van der Waals surface area (Å²) in [6, 6.07) is 5.55. The van der Waals surface area contributed by atoms with E-state index in [9.17, 15) is 4.79 Å². The van der Waals surface area contributed by atoms with Gasteiger partial charge < -0.3 is 0 Å². The zero-order valence-corrected chi connectivity index (χ0v) is 14.8. The van der Waals surface area contributed by atoms with E-state index >= 15 is 0 Å². The van der Waals surface area contributed by atoms with E-state index in [2.05, 4.69) is 40.4 Å². The number of rotatable bonds is 5. The highest BCUT2D eigenvalue weighted by atomic mass is 16.1. The first-order valence-corrected chi connectivity index (χ1v) is 8.80. The van der Waals surface area contributed by atoms with Gasteiger partial charge in [-0.3, -0.25) is 19.4 Å². The third kappa shape index (κ3) is 3.41. The largest absolute Gasteiger partial charge is 0.298 e. The Hall–Kier alpha value is -2.01. The summed E-state index contributed by atoms with van der Waals surface area (Å²) in [5.41, 5.74) is 4.25. The number of piperidine rings is 1. The first kappa shape index (κ1) is 16.8. The van der Waals surface area contributed by atoms with Crippen LogP contribution in [0.2, 0.25) is 0 Å². The number of ketones is 1. The maximum atomic E-state index is 12.7. The fourth-order valence-corrected chi connectivity index (χ4v) is 3.63. The maximum Gasteiger partial charge on any atom is 0.185 e. The average molecular weight is 326 g/mol. The summed E-state index contributed by atoms with van der Waals surface area (Å²) in [6.07, 6.45) is 3.71. The van der Waals surface area contributed by atoms with Gasteiger partial charge in [0.2, 0.25) is 0 Å². The topological polar surface area (TPSA) is 51.0 Å². The van der Waals surface area contributed by atoms with Crippen molar-refractivity contribution in [3.05, 3.63) is 47.0 Å². The van der Waals surface area contributed by atoms with Crippen molar-refractivity contribution in [2.45, 2.75) is 46.7 Å². The number of Topliss-reactive ketones (excluding diaryl/α,β-unsaturated/α-hetero) is 1. The monoisotopic (exact) mass is 326 g/mol. The summed E-state index contributed by atoms with van der Waals surface area (Å²) in [7, 11) is 0. The van der Waals surface area contributed by atoms with Crippen molar-refractivity contribution in [1.29, 1.82) is 0 Å². The predicted molar refractivity (Wildman–Crippen MR) is 93.9 cm³/mol. The van der Waals surface area contributed by atoms with Crippen molar-refractivity contribution >= 4 is 5.78 Å². The zero-order chi connectivity index (χ0) is 17.1. The molecule has 3 heterocycles. The Morgan fingerprint density at radius 2 is 2.17 bits per heavy atom. The number of carbonyl (C=O) groups is 1. The van der Waals surface area contributed by atoms with E-state index in [0.29, 0.717) is 5.69 Å². The highest BCUT2D eigenvalue weighted by Gasteiger charge is 2.28. The SMILES string of the molecule is CCn1nc(C)c(CN2CCC[C@H](C(=O)c3ccccn3)C2)c1C. The van der Waals surface area contributed by atoms with Gasteiger partial charge in [-0.05, 0) is 52.3 Å².